The first-order valence-electron chi connectivity index (χ1n) is 4.45. The molecule has 0 aliphatic rings. The maximum atomic E-state index is 12.8. The Morgan fingerprint density at radius 1 is 1.50 bits per heavy atom. The molecule has 5 heteroatoms. The first-order valence-corrected chi connectivity index (χ1v) is 6.04. The molecule has 0 heterocycles. The summed E-state index contributed by atoms with van der Waals surface area (Å²) in [5.41, 5.74) is 0.676. The van der Waals surface area contributed by atoms with Crippen LogP contribution in [0.4, 0.5) is 4.39 Å². The maximum Gasteiger partial charge on any atom is 0.141 e. The largest absolute Gasteiger partial charge is 0.207 e. The van der Waals surface area contributed by atoms with Crippen LogP contribution in [0.1, 0.15) is 12.5 Å². The standard InChI is InChI=1S/C11H10FN3S/c1-11(8-13,16(3)15-14-2)9-4-6-10(12)7-5-9/h4-7H,1,3H3. The van der Waals surface area contributed by atoms with E-state index in [-0.39, 0.29) is 5.82 Å². The average molecular weight is 235 g/mol. The molecule has 0 amide bonds. The highest BCUT2D eigenvalue weighted by atomic mass is 32.2. The zero-order chi connectivity index (χ0) is 12.2. The van der Waals surface area contributed by atoms with Crippen molar-refractivity contribution in [1.29, 1.82) is 5.26 Å². The molecule has 0 saturated heterocycles. The van der Waals surface area contributed by atoms with E-state index in [2.05, 4.69) is 15.5 Å². The number of nitrogens with zero attached hydrogens (tertiary/aromatic N) is 3. The fourth-order valence-corrected chi connectivity index (χ4v) is 2.11. The maximum absolute atomic E-state index is 12.8. The summed E-state index contributed by atoms with van der Waals surface area (Å²) in [5.74, 6) is -0.345. The van der Waals surface area contributed by atoms with Crippen molar-refractivity contribution in [2.75, 3.05) is 6.26 Å². The molecule has 0 saturated carbocycles. The molecule has 0 aromatic heterocycles. The van der Waals surface area contributed by atoms with Gasteiger partial charge in [-0.1, -0.05) is 12.1 Å². The third-order valence-corrected chi connectivity index (χ3v) is 4.20. The molecule has 1 rings (SSSR count). The Kier molecular flexibility index (Phi) is 3.76. The lowest BCUT2D eigenvalue weighted by atomic mass is 10.0. The quantitative estimate of drug-likeness (QED) is 0.574. The van der Waals surface area contributed by atoms with Gasteiger partial charge in [0.1, 0.15) is 15.0 Å². The van der Waals surface area contributed by atoms with E-state index in [0.29, 0.717) is 5.56 Å². The number of nitriles is 1. The smallest absolute Gasteiger partial charge is 0.141 e. The molecule has 0 radical (unpaired) electrons. The van der Waals surface area contributed by atoms with E-state index in [0.717, 1.165) is 0 Å². The predicted molar refractivity (Wildman–Crippen MR) is 61.7 cm³/mol. The van der Waals surface area contributed by atoms with Gasteiger partial charge in [0, 0.05) is 16.9 Å². The van der Waals surface area contributed by atoms with Crippen molar-refractivity contribution in [2.24, 2.45) is 4.47 Å². The Morgan fingerprint density at radius 3 is 2.50 bits per heavy atom. The van der Waals surface area contributed by atoms with Crippen molar-refractivity contribution in [3.05, 3.63) is 47.2 Å². The van der Waals surface area contributed by atoms with Gasteiger partial charge in [0.15, 0.2) is 0 Å². The van der Waals surface area contributed by atoms with E-state index in [4.69, 9.17) is 6.57 Å². The van der Waals surface area contributed by atoms with E-state index in [1.807, 2.05) is 0 Å². The molecular weight excluding hydrogens is 225 g/mol. The molecule has 3 nitrogen and oxygen atoms in total. The lowest BCUT2D eigenvalue weighted by Crippen LogP contribution is -2.24. The van der Waals surface area contributed by atoms with E-state index >= 15 is 0 Å². The SMILES string of the molecule is [C-]#[N+]/N=S(\C)C(C)(C#N)c1ccc(F)cc1. The minimum absolute atomic E-state index is 0.345. The van der Waals surface area contributed by atoms with Gasteiger partial charge in [-0.15, -0.1) is 4.95 Å². The minimum atomic E-state index is -0.877. The van der Waals surface area contributed by atoms with Crippen molar-refractivity contribution in [2.45, 2.75) is 11.7 Å². The molecule has 2 atom stereocenters. The monoisotopic (exact) mass is 235 g/mol. The van der Waals surface area contributed by atoms with Gasteiger partial charge >= 0.3 is 0 Å². The van der Waals surface area contributed by atoms with Gasteiger partial charge < -0.3 is 0 Å². The number of hydrogen-bond acceptors (Lipinski definition) is 2. The van der Waals surface area contributed by atoms with Crippen LogP contribution in [0, 0.1) is 23.7 Å². The van der Waals surface area contributed by atoms with Gasteiger partial charge in [0.2, 0.25) is 0 Å². The van der Waals surface area contributed by atoms with Crippen molar-refractivity contribution in [3.8, 4) is 6.07 Å². The molecule has 2 unspecified atom stereocenters. The predicted octanol–water partition coefficient (Wildman–Crippen LogP) is 2.83. The Hall–Kier alpha value is -1.72. The first kappa shape index (κ1) is 12.4. The number of halogens is 1. The van der Waals surface area contributed by atoms with E-state index in [9.17, 15) is 9.65 Å². The summed E-state index contributed by atoms with van der Waals surface area (Å²) in [7, 11) is -0.744. The van der Waals surface area contributed by atoms with Crippen LogP contribution in [0.2, 0.25) is 0 Å². The van der Waals surface area contributed by atoms with Crippen molar-refractivity contribution < 1.29 is 4.39 Å². The highest BCUT2D eigenvalue weighted by Gasteiger charge is 2.31. The number of benzene rings is 1. The molecular formula is C11H10FN3S. The van der Waals surface area contributed by atoms with Crippen LogP contribution in [0.5, 0.6) is 0 Å². The first-order chi connectivity index (χ1) is 7.54. The molecule has 0 aliphatic carbocycles. The summed E-state index contributed by atoms with van der Waals surface area (Å²) in [4.78, 5) is 2.95. The molecule has 1 aromatic rings. The van der Waals surface area contributed by atoms with E-state index in [1.165, 1.54) is 12.1 Å². The molecule has 82 valence electrons. The zero-order valence-corrected chi connectivity index (χ0v) is 9.75. The van der Waals surface area contributed by atoms with Crippen LogP contribution in [0.3, 0.4) is 0 Å². The van der Waals surface area contributed by atoms with Crippen LogP contribution in [-0.4, -0.2) is 6.26 Å². The Labute approximate surface area is 96.4 Å². The van der Waals surface area contributed by atoms with Crippen LogP contribution in [0.15, 0.2) is 28.7 Å². The topological polar surface area (TPSA) is 40.5 Å². The summed E-state index contributed by atoms with van der Waals surface area (Å²) in [6.07, 6.45) is 1.73. The molecule has 0 bridgehead atoms. The average Bonchev–Trinajstić information content (AvgIpc) is 2.29. The lowest BCUT2D eigenvalue weighted by Gasteiger charge is -2.19. The van der Waals surface area contributed by atoms with Crippen molar-refractivity contribution >= 4 is 10.7 Å². The number of rotatable bonds is 2. The van der Waals surface area contributed by atoms with Crippen molar-refractivity contribution in [1.82, 2.24) is 0 Å². The fourth-order valence-electron chi connectivity index (χ4n) is 1.21. The van der Waals surface area contributed by atoms with Crippen LogP contribution < -0.4 is 0 Å². The summed E-state index contributed by atoms with van der Waals surface area (Å²) >= 11 is 0. The van der Waals surface area contributed by atoms with Crippen LogP contribution >= 0.6 is 0 Å². The second-order valence-corrected chi connectivity index (χ2v) is 5.25. The summed E-state index contributed by atoms with van der Waals surface area (Å²) in [6.45, 7) is 8.39. The number of hydrogen-bond donors (Lipinski definition) is 0. The van der Waals surface area contributed by atoms with Crippen molar-refractivity contribution in [3.63, 3.8) is 0 Å². The van der Waals surface area contributed by atoms with Crippen LogP contribution in [0.25, 0.3) is 4.95 Å². The van der Waals surface area contributed by atoms with Crippen LogP contribution in [-0.2, 0) is 15.4 Å². The highest BCUT2D eigenvalue weighted by Crippen LogP contribution is 2.27. The highest BCUT2D eigenvalue weighted by molar-refractivity contribution is 7.87. The van der Waals surface area contributed by atoms with Gasteiger partial charge in [0.25, 0.3) is 0 Å². The van der Waals surface area contributed by atoms with E-state index < -0.39 is 15.4 Å². The molecule has 1 aromatic carbocycles. The molecule has 0 fully saturated rings. The second kappa shape index (κ2) is 4.87. The molecule has 16 heavy (non-hydrogen) atoms. The third-order valence-electron chi connectivity index (χ3n) is 2.36. The van der Waals surface area contributed by atoms with Gasteiger partial charge in [-0.3, -0.25) is 0 Å². The molecule has 0 aliphatic heterocycles. The Balaban J connectivity index is 3.28. The Bertz CT molecular complexity index is 495. The van der Waals surface area contributed by atoms with Gasteiger partial charge in [-0.05, 0) is 24.6 Å². The Morgan fingerprint density at radius 2 is 2.06 bits per heavy atom. The van der Waals surface area contributed by atoms with Gasteiger partial charge in [0.05, 0.1) is 6.07 Å². The van der Waals surface area contributed by atoms with Gasteiger partial charge in [-0.25, -0.2) is 4.39 Å². The lowest BCUT2D eigenvalue weighted by molar-refractivity contribution is 0.626. The molecule has 0 spiro atoms. The normalized spacial score (nSPS) is 15.8. The van der Waals surface area contributed by atoms with E-state index in [1.54, 1.807) is 25.3 Å². The third kappa shape index (κ3) is 2.26. The second-order valence-electron chi connectivity index (χ2n) is 3.31. The zero-order valence-electron chi connectivity index (χ0n) is 8.94. The molecule has 0 N–H and O–H groups in total. The van der Waals surface area contributed by atoms with Gasteiger partial charge in [-0.2, -0.15) is 11.8 Å². The summed E-state index contributed by atoms with van der Waals surface area (Å²) in [6, 6.07) is 7.88. The minimum Gasteiger partial charge on any atom is -0.207 e. The summed E-state index contributed by atoms with van der Waals surface area (Å²) in [5, 5.41) is 9.21. The summed E-state index contributed by atoms with van der Waals surface area (Å²) < 4.78 is 15.6. The fraction of sp³-hybridized carbons (Fsp3) is 0.273.